The van der Waals surface area contributed by atoms with Crippen molar-refractivity contribution in [3.63, 3.8) is 0 Å². The number of carbonyl (C=O) groups is 1. The van der Waals surface area contributed by atoms with Gasteiger partial charge in [0.25, 0.3) is 0 Å². The van der Waals surface area contributed by atoms with Crippen molar-refractivity contribution in [3.8, 4) is 0 Å². The number of amides is 1. The van der Waals surface area contributed by atoms with E-state index in [-0.39, 0.29) is 6.09 Å². The van der Waals surface area contributed by atoms with Crippen LogP contribution in [0.4, 0.5) is 10.5 Å². The Morgan fingerprint density at radius 1 is 1.33 bits per heavy atom. The van der Waals surface area contributed by atoms with Gasteiger partial charge in [0.05, 0.1) is 17.1 Å². The third-order valence-electron chi connectivity index (χ3n) is 3.62. The van der Waals surface area contributed by atoms with E-state index < -0.39 is 5.60 Å². The number of carbonyl (C=O) groups excluding carboxylic acids is 1. The van der Waals surface area contributed by atoms with Gasteiger partial charge in [0, 0.05) is 19.1 Å². The molecule has 21 heavy (non-hydrogen) atoms. The average molecular weight is 294 g/mol. The van der Waals surface area contributed by atoms with Crippen molar-refractivity contribution in [3.05, 3.63) is 11.4 Å². The maximum atomic E-state index is 12.0. The van der Waals surface area contributed by atoms with Gasteiger partial charge in [0.1, 0.15) is 5.60 Å². The van der Waals surface area contributed by atoms with E-state index in [9.17, 15) is 4.79 Å². The zero-order chi connectivity index (χ0) is 15.6. The van der Waals surface area contributed by atoms with Crippen LogP contribution in [0.3, 0.4) is 0 Å². The van der Waals surface area contributed by atoms with E-state index in [2.05, 4.69) is 15.5 Å². The lowest BCUT2D eigenvalue weighted by atomic mass is 10.0. The molecular formula is C15H26N4O2. The maximum absolute atomic E-state index is 12.0. The lowest BCUT2D eigenvalue weighted by molar-refractivity contribution is 0.0210. The first-order valence-electron chi connectivity index (χ1n) is 7.52. The number of H-pyrrole nitrogens is 1. The number of rotatable bonds is 2. The number of likely N-dealkylation sites (tertiary alicyclic amines) is 1. The Kier molecular flexibility index (Phi) is 4.44. The van der Waals surface area contributed by atoms with Gasteiger partial charge in [-0.05, 0) is 47.5 Å². The highest BCUT2D eigenvalue weighted by Crippen LogP contribution is 2.22. The number of ether oxygens (including phenoxy) is 1. The first kappa shape index (κ1) is 15.7. The number of nitrogens with one attached hydrogen (secondary N) is 2. The van der Waals surface area contributed by atoms with Gasteiger partial charge < -0.3 is 15.0 Å². The second kappa shape index (κ2) is 5.95. The molecule has 0 radical (unpaired) electrons. The van der Waals surface area contributed by atoms with Crippen molar-refractivity contribution >= 4 is 11.8 Å². The molecular weight excluding hydrogens is 268 g/mol. The summed E-state index contributed by atoms with van der Waals surface area (Å²) >= 11 is 0. The Bertz CT molecular complexity index is 477. The number of aryl methyl sites for hydroxylation is 2. The number of hydrogen-bond acceptors (Lipinski definition) is 4. The second-order valence-corrected chi connectivity index (χ2v) is 6.70. The Morgan fingerprint density at radius 2 is 1.95 bits per heavy atom. The Labute approximate surface area is 126 Å². The fourth-order valence-corrected chi connectivity index (χ4v) is 2.50. The van der Waals surface area contributed by atoms with E-state index in [1.54, 1.807) is 4.90 Å². The van der Waals surface area contributed by atoms with Gasteiger partial charge in [-0.15, -0.1) is 0 Å². The zero-order valence-electron chi connectivity index (χ0n) is 13.6. The van der Waals surface area contributed by atoms with Crippen LogP contribution < -0.4 is 5.32 Å². The van der Waals surface area contributed by atoms with Crippen LogP contribution in [0.2, 0.25) is 0 Å². The summed E-state index contributed by atoms with van der Waals surface area (Å²) in [7, 11) is 0. The Morgan fingerprint density at radius 3 is 2.43 bits per heavy atom. The molecule has 0 spiro atoms. The second-order valence-electron chi connectivity index (χ2n) is 6.70. The molecule has 1 aliphatic heterocycles. The first-order valence-corrected chi connectivity index (χ1v) is 7.52. The standard InChI is InChI=1S/C15H26N4O2/c1-10-13(11(2)18-17-10)16-12-6-8-19(9-7-12)14(20)21-15(3,4)5/h12,16H,6-9H2,1-5H3,(H,17,18). The lowest BCUT2D eigenvalue weighted by Crippen LogP contribution is -2.44. The van der Waals surface area contributed by atoms with E-state index in [0.29, 0.717) is 6.04 Å². The number of aromatic nitrogens is 2. The predicted molar refractivity (Wildman–Crippen MR) is 82.5 cm³/mol. The molecule has 2 rings (SSSR count). The summed E-state index contributed by atoms with van der Waals surface area (Å²) in [5, 5.41) is 10.7. The SMILES string of the molecule is Cc1n[nH]c(C)c1NC1CCN(C(=O)OC(C)(C)C)CC1. The molecule has 0 aromatic carbocycles. The number of hydrogen-bond donors (Lipinski definition) is 2. The molecule has 2 heterocycles. The molecule has 2 N–H and O–H groups in total. The van der Waals surface area contributed by atoms with E-state index in [1.165, 1.54) is 0 Å². The number of nitrogens with zero attached hydrogens (tertiary/aromatic N) is 2. The van der Waals surface area contributed by atoms with Crippen molar-refractivity contribution in [1.82, 2.24) is 15.1 Å². The van der Waals surface area contributed by atoms with Crippen LogP contribution in [0, 0.1) is 13.8 Å². The minimum absolute atomic E-state index is 0.211. The summed E-state index contributed by atoms with van der Waals surface area (Å²) < 4.78 is 5.41. The van der Waals surface area contributed by atoms with Crippen LogP contribution in [-0.4, -0.2) is 45.9 Å². The van der Waals surface area contributed by atoms with Gasteiger partial charge in [-0.1, -0.05) is 0 Å². The largest absolute Gasteiger partial charge is 0.444 e. The highest BCUT2D eigenvalue weighted by atomic mass is 16.6. The summed E-state index contributed by atoms with van der Waals surface area (Å²) in [5.74, 6) is 0. The highest BCUT2D eigenvalue weighted by molar-refractivity contribution is 5.68. The topological polar surface area (TPSA) is 70.2 Å². The predicted octanol–water partition coefficient (Wildman–Crippen LogP) is 2.84. The number of piperidine rings is 1. The van der Waals surface area contributed by atoms with E-state index in [4.69, 9.17) is 4.74 Å². The molecule has 1 aliphatic rings. The summed E-state index contributed by atoms with van der Waals surface area (Å²) in [6.45, 7) is 11.1. The fraction of sp³-hybridized carbons (Fsp3) is 0.733. The highest BCUT2D eigenvalue weighted by Gasteiger charge is 2.27. The van der Waals surface area contributed by atoms with Crippen LogP contribution in [0.1, 0.15) is 45.0 Å². The molecule has 0 bridgehead atoms. The molecule has 1 aromatic rings. The summed E-state index contributed by atoms with van der Waals surface area (Å²) in [6, 6.07) is 0.374. The lowest BCUT2D eigenvalue weighted by Gasteiger charge is -2.34. The Hall–Kier alpha value is -1.72. The molecule has 0 unspecified atom stereocenters. The molecule has 1 fully saturated rings. The normalized spacial score (nSPS) is 16.9. The van der Waals surface area contributed by atoms with Gasteiger partial charge in [0.2, 0.25) is 0 Å². The van der Waals surface area contributed by atoms with Crippen LogP contribution in [-0.2, 0) is 4.74 Å². The van der Waals surface area contributed by atoms with E-state index >= 15 is 0 Å². The van der Waals surface area contributed by atoms with Crippen molar-refractivity contribution in [2.24, 2.45) is 0 Å². The number of aromatic amines is 1. The van der Waals surface area contributed by atoms with Crippen molar-refractivity contribution in [2.75, 3.05) is 18.4 Å². The summed E-state index contributed by atoms with van der Waals surface area (Å²) in [5.41, 5.74) is 2.70. The monoisotopic (exact) mass is 294 g/mol. The fourth-order valence-electron chi connectivity index (χ4n) is 2.50. The van der Waals surface area contributed by atoms with Gasteiger partial charge in [0.15, 0.2) is 0 Å². The van der Waals surface area contributed by atoms with Crippen molar-refractivity contribution < 1.29 is 9.53 Å². The van der Waals surface area contributed by atoms with Crippen LogP contribution in [0.15, 0.2) is 0 Å². The smallest absolute Gasteiger partial charge is 0.410 e. The number of anilines is 1. The third kappa shape index (κ3) is 4.12. The van der Waals surface area contributed by atoms with Gasteiger partial charge >= 0.3 is 6.09 Å². The third-order valence-corrected chi connectivity index (χ3v) is 3.62. The van der Waals surface area contributed by atoms with Gasteiger partial charge in [-0.2, -0.15) is 5.10 Å². The maximum Gasteiger partial charge on any atom is 0.410 e. The molecule has 118 valence electrons. The Balaban J connectivity index is 1.85. The van der Waals surface area contributed by atoms with Crippen molar-refractivity contribution in [2.45, 2.75) is 59.1 Å². The molecule has 1 saturated heterocycles. The van der Waals surface area contributed by atoms with Crippen LogP contribution in [0.25, 0.3) is 0 Å². The average Bonchev–Trinajstić information content (AvgIpc) is 2.69. The van der Waals surface area contributed by atoms with Gasteiger partial charge in [-0.25, -0.2) is 4.79 Å². The summed E-state index contributed by atoms with van der Waals surface area (Å²) in [6.07, 6.45) is 1.63. The molecule has 0 saturated carbocycles. The van der Waals surface area contributed by atoms with E-state index in [1.807, 2.05) is 34.6 Å². The minimum Gasteiger partial charge on any atom is -0.444 e. The molecule has 1 amide bonds. The summed E-state index contributed by atoms with van der Waals surface area (Å²) in [4.78, 5) is 13.8. The first-order chi connectivity index (χ1) is 9.76. The molecule has 6 nitrogen and oxygen atoms in total. The minimum atomic E-state index is -0.433. The molecule has 6 heteroatoms. The molecule has 0 atom stereocenters. The quantitative estimate of drug-likeness (QED) is 0.880. The van der Waals surface area contributed by atoms with E-state index in [0.717, 1.165) is 43.0 Å². The van der Waals surface area contributed by atoms with Gasteiger partial charge in [-0.3, -0.25) is 5.10 Å². The zero-order valence-corrected chi connectivity index (χ0v) is 13.6. The van der Waals surface area contributed by atoms with Crippen molar-refractivity contribution in [1.29, 1.82) is 0 Å². The molecule has 1 aromatic heterocycles. The van der Waals surface area contributed by atoms with Crippen LogP contribution in [0.5, 0.6) is 0 Å². The van der Waals surface area contributed by atoms with Crippen LogP contribution >= 0.6 is 0 Å². The molecule has 0 aliphatic carbocycles.